The van der Waals surface area contributed by atoms with E-state index in [1.54, 1.807) is 0 Å². The molecule has 5 rings (SSSR count). The van der Waals surface area contributed by atoms with Crippen LogP contribution in [0.2, 0.25) is 0 Å². The predicted molar refractivity (Wildman–Crippen MR) is 93.2 cm³/mol. The van der Waals surface area contributed by atoms with Crippen LogP contribution in [0.25, 0.3) is 5.78 Å². The van der Waals surface area contributed by atoms with Crippen molar-refractivity contribution in [2.45, 2.75) is 50.9 Å². The number of piperidine rings is 1. The Morgan fingerprint density at radius 3 is 2.67 bits per heavy atom. The molecule has 0 bridgehead atoms. The highest BCUT2D eigenvalue weighted by Crippen LogP contribution is 2.56. The number of amides is 1. The third kappa shape index (κ3) is 2.89. The number of fused-ring (bicyclic) bond motifs is 2. The van der Waals surface area contributed by atoms with Gasteiger partial charge < -0.3 is 4.90 Å². The largest absolute Gasteiger partial charge is 0.342 e. The maximum atomic E-state index is 13.4. The van der Waals surface area contributed by atoms with Gasteiger partial charge in [0.1, 0.15) is 12.0 Å². The van der Waals surface area contributed by atoms with Gasteiger partial charge in [-0.3, -0.25) is 4.79 Å². The zero-order valence-electron chi connectivity index (χ0n) is 15.1. The Kier molecular flexibility index (Phi) is 4.09. The second-order valence-electron chi connectivity index (χ2n) is 8.14. The number of nitrogens with zero attached hydrogens (tertiary/aromatic N) is 5. The van der Waals surface area contributed by atoms with Crippen LogP contribution in [-0.2, 0) is 4.79 Å². The van der Waals surface area contributed by atoms with Gasteiger partial charge in [0.15, 0.2) is 0 Å². The van der Waals surface area contributed by atoms with Gasteiger partial charge >= 0.3 is 0 Å². The first kappa shape index (κ1) is 17.0. The molecular weight excluding hydrogens is 352 g/mol. The van der Waals surface area contributed by atoms with Crippen LogP contribution < -0.4 is 0 Å². The van der Waals surface area contributed by atoms with Crippen molar-refractivity contribution in [1.82, 2.24) is 24.5 Å². The lowest BCUT2D eigenvalue weighted by atomic mass is 9.93. The Bertz CT molecular complexity index is 857. The van der Waals surface area contributed by atoms with Crippen molar-refractivity contribution in [3.8, 4) is 0 Å². The van der Waals surface area contributed by atoms with Crippen LogP contribution in [0.4, 0.5) is 8.78 Å². The van der Waals surface area contributed by atoms with Gasteiger partial charge in [0, 0.05) is 24.9 Å². The molecule has 6 nitrogen and oxygen atoms in total. The zero-order chi connectivity index (χ0) is 18.5. The van der Waals surface area contributed by atoms with E-state index in [4.69, 9.17) is 0 Å². The highest BCUT2D eigenvalue weighted by Gasteiger charge is 2.56. The lowest BCUT2D eigenvalue weighted by molar-refractivity contribution is -0.134. The van der Waals surface area contributed by atoms with E-state index < -0.39 is 6.43 Å². The average Bonchev–Trinajstić information content (AvgIpc) is 3.22. The van der Waals surface area contributed by atoms with Crippen molar-refractivity contribution in [3.05, 3.63) is 23.8 Å². The van der Waals surface area contributed by atoms with E-state index >= 15 is 0 Å². The van der Waals surface area contributed by atoms with Gasteiger partial charge in [-0.2, -0.15) is 14.6 Å². The number of likely N-dealkylation sites (tertiary alicyclic amines) is 1. The normalized spacial score (nSPS) is 30.6. The van der Waals surface area contributed by atoms with Crippen molar-refractivity contribution in [3.63, 3.8) is 0 Å². The van der Waals surface area contributed by atoms with Gasteiger partial charge in [-0.05, 0) is 43.6 Å². The lowest BCUT2D eigenvalue weighted by Crippen LogP contribution is -2.40. The fourth-order valence-electron chi connectivity index (χ4n) is 5.21. The molecule has 0 N–H and O–H groups in total. The first-order chi connectivity index (χ1) is 13.1. The molecule has 3 aliphatic rings. The maximum Gasteiger partial charge on any atom is 0.280 e. The highest BCUT2D eigenvalue weighted by atomic mass is 19.3. The second kappa shape index (κ2) is 6.49. The van der Waals surface area contributed by atoms with Gasteiger partial charge in [0.2, 0.25) is 5.91 Å². The van der Waals surface area contributed by atoms with Crippen LogP contribution >= 0.6 is 0 Å². The van der Waals surface area contributed by atoms with Crippen LogP contribution in [0, 0.1) is 17.8 Å². The van der Waals surface area contributed by atoms with Crippen molar-refractivity contribution in [2.75, 3.05) is 13.1 Å². The lowest BCUT2D eigenvalue weighted by Gasteiger charge is -2.33. The molecule has 2 aliphatic carbocycles. The number of hydrogen-bond acceptors (Lipinski definition) is 4. The van der Waals surface area contributed by atoms with Gasteiger partial charge in [0.25, 0.3) is 12.2 Å². The molecule has 1 unspecified atom stereocenters. The zero-order valence-corrected chi connectivity index (χ0v) is 15.1. The van der Waals surface area contributed by atoms with Crippen LogP contribution in [0.5, 0.6) is 0 Å². The Labute approximate surface area is 156 Å². The van der Waals surface area contributed by atoms with Crippen LogP contribution in [0.15, 0.2) is 12.4 Å². The number of halogens is 2. The number of aromatic nitrogens is 4. The quantitative estimate of drug-likeness (QED) is 0.826. The Morgan fingerprint density at radius 2 is 1.93 bits per heavy atom. The minimum atomic E-state index is -2.65. The topological polar surface area (TPSA) is 63.4 Å². The molecule has 1 saturated heterocycles. The molecule has 0 spiro atoms. The summed E-state index contributed by atoms with van der Waals surface area (Å²) in [4.78, 5) is 23.4. The number of alkyl halides is 2. The Balaban J connectivity index is 1.37. The molecule has 2 aromatic heterocycles. The first-order valence-electron chi connectivity index (χ1n) is 9.91. The third-order valence-corrected chi connectivity index (χ3v) is 6.62. The first-order valence-corrected chi connectivity index (χ1v) is 9.91. The predicted octanol–water partition coefficient (Wildman–Crippen LogP) is 3.20. The van der Waals surface area contributed by atoms with Crippen LogP contribution in [-0.4, -0.2) is 43.5 Å². The highest BCUT2D eigenvalue weighted by molar-refractivity contribution is 5.82. The Hall–Kier alpha value is -2.12. The van der Waals surface area contributed by atoms with E-state index in [2.05, 4.69) is 15.1 Å². The molecule has 2 saturated carbocycles. The van der Waals surface area contributed by atoms with Gasteiger partial charge in [-0.25, -0.2) is 13.8 Å². The number of hydrogen-bond donors (Lipinski definition) is 0. The van der Waals surface area contributed by atoms with Crippen molar-refractivity contribution in [2.24, 2.45) is 17.8 Å². The fraction of sp³-hybridized carbons (Fsp3) is 0.684. The van der Waals surface area contributed by atoms with Crippen molar-refractivity contribution >= 4 is 11.7 Å². The summed E-state index contributed by atoms with van der Waals surface area (Å²) in [7, 11) is 0. The van der Waals surface area contributed by atoms with E-state index in [1.807, 2.05) is 4.90 Å². The molecule has 0 aromatic carbocycles. The van der Waals surface area contributed by atoms with Crippen molar-refractivity contribution in [1.29, 1.82) is 0 Å². The summed E-state index contributed by atoms with van der Waals surface area (Å²) in [6, 6.07) is 1.43. The van der Waals surface area contributed by atoms with Crippen molar-refractivity contribution < 1.29 is 13.6 Å². The molecule has 144 valence electrons. The van der Waals surface area contributed by atoms with E-state index in [1.165, 1.54) is 38.1 Å². The molecular formula is C19H23F2N5O. The molecule has 1 amide bonds. The average molecular weight is 375 g/mol. The summed E-state index contributed by atoms with van der Waals surface area (Å²) >= 11 is 0. The maximum absolute atomic E-state index is 13.4. The smallest absolute Gasteiger partial charge is 0.280 e. The fourth-order valence-corrected chi connectivity index (χ4v) is 5.21. The van der Waals surface area contributed by atoms with Gasteiger partial charge in [-0.15, -0.1) is 0 Å². The van der Waals surface area contributed by atoms with E-state index in [9.17, 15) is 13.6 Å². The Morgan fingerprint density at radius 1 is 1.15 bits per heavy atom. The summed E-state index contributed by atoms with van der Waals surface area (Å²) in [6.45, 7) is 1.33. The molecule has 4 atom stereocenters. The van der Waals surface area contributed by atoms with E-state index in [-0.39, 0.29) is 29.2 Å². The molecule has 2 aromatic rings. The van der Waals surface area contributed by atoms with E-state index in [0.29, 0.717) is 24.1 Å². The number of rotatable bonds is 3. The van der Waals surface area contributed by atoms with Crippen LogP contribution in [0.1, 0.15) is 62.3 Å². The van der Waals surface area contributed by atoms with Gasteiger partial charge in [0.05, 0.1) is 5.69 Å². The number of carbonyl (C=O) groups excluding carboxylic acids is 1. The SMILES string of the molecule is O=C(C1[C@H]2CCCC[C@@H]12)N1CCC[C@H](c2cc(C(F)F)n3ncnc3n2)C1. The molecule has 8 heteroatoms. The molecule has 3 fully saturated rings. The summed E-state index contributed by atoms with van der Waals surface area (Å²) in [5, 5.41) is 3.84. The number of carbonyl (C=O) groups is 1. The van der Waals surface area contributed by atoms with E-state index in [0.717, 1.165) is 23.9 Å². The minimum absolute atomic E-state index is 0.0253. The minimum Gasteiger partial charge on any atom is -0.342 e. The second-order valence-corrected chi connectivity index (χ2v) is 8.14. The molecule has 27 heavy (non-hydrogen) atoms. The summed E-state index contributed by atoms with van der Waals surface area (Å²) in [5.41, 5.74) is 0.403. The summed E-state index contributed by atoms with van der Waals surface area (Å²) in [6.07, 6.45) is 5.17. The van der Waals surface area contributed by atoms with Gasteiger partial charge in [-0.1, -0.05) is 12.8 Å². The molecule has 0 radical (unpaired) electrons. The molecule has 3 heterocycles. The standard InChI is InChI=1S/C19H23F2N5O/c20-17(21)15-8-14(24-19-22-10-23-26(15)19)11-4-3-7-25(9-11)18(27)16-12-5-1-2-6-13(12)16/h8,10-13,16-17H,1-7,9H2/t11-,12-,13+,16?/m0/s1. The molecule has 1 aliphatic heterocycles. The van der Waals surface area contributed by atoms with Crippen LogP contribution in [0.3, 0.4) is 0 Å². The third-order valence-electron chi connectivity index (χ3n) is 6.62. The monoisotopic (exact) mass is 375 g/mol. The summed E-state index contributed by atoms with van der Waals surface area (Å²) in [5.74, 6) is 1.82. The summed E-state index contributed by atoms with van der Waals surface area (Å²) < 4.78 is 28.0.